The van der Waals surface area contributed by atoms with Crippen molar-refractivity contribution in [2.75, 3.05) is 0 Å². The lowest BCUT2D eigenvalue weighted by atomic mass is 9.91. The first kappa shape index (κ1) is 18.1. The molecule has 0 radical (unpaired) electrons. The topological polar surface area (TPSA) is 69.7 Å². The molecule has 1 atom stereocenters. The van der Waals surface area contributed by atoms with E-state index in [1.54, 1.807) is 0 Å². The van der Waals surface area contributed by atoms with Gasteiger partial charge in [0.05, 0.1) is 0 Å². The second kappa shape index (κ2) is 9.18. The average molecular weight is 308 g/mol. The Kier molecular flexibility index (Phi) is 7.57. The number of hydrogen-bond acceptors (Lipinski definition) is 5. The van der Waals surface area contributed by atoms with Crippen molar-refractivity contribution in [2.24, 2.45) is 0 Å². The van der Waals surface area contributed by atoms with E-state index in [9.17, 15) is 14.4 Å². The average Bonchev–Trinajstić information content (AvgIpc) is 2.64. The zero-order valence-electron chi connectivity index (χ0n) is 13.4. The zero-order valence-corrected chi connectivity index (χ0v) is 13.4. The van der Waals surface area contributed by atoms with E-state index in [0.717, 1.165) is 32.1 Å². The van der Waals surface area contributed by atoms with Gasteiger partial charge in [-0.25, -0.2) is 14.4 Å². The molecule has 0 aromatic carbocycles. The van der Waals surface area contributed by atoms with Crippen molar-refractivity contribution in [2.45, 2.75) is 64.9 Å². The highest BCUT2D eigenvalue weighted by Crippen LogP contribution is 2.34. The third kappa shape index (κ3) is 5.13. The van der Waals surface area contributed by atoms with Crippen molar-refractivity contribution in [1.29, 1.82) is 0 Å². The largest absolute Gasteiger partial charge is 0.459 e. The van der Waals surface area contributed by atoms with Gasteiger partial charge in [-0.05, 0) is 32.1 Å². The molecule has 5 heteroatoms. The molecule has 0 spiro atoms. The zero-order chi connectivity index (χ0) is 16.5. The Balaban J connectivity index is 0.000000231. The second-order valence-electron chi connectivity index (χ2n) is 5.30. The lowest BCUT2D eigenvalue weighted by Crippen LogP contribution is -2.15. The van der Waals surface area contributed by atoms with Crippen LogP contribution in [0.1, 0.15) is 58.8 Å². The number of esters is 3. The van der Waals surface area contributed by atoms with Gasteiger partial charge in [0, 0.05) is 17.2 Å². The number of hydrogen-bond donors (Lipinski definition) is 0. The Labute approximate surface area is 131 Å². The van der Waals surface area contributed by atoms with Crippen LogP contribution in [0.2, 0.25) is 0 Å². The maximum atomic E-state index is 10.9. The normalized spacial score (nSPS) is 16.8. The molecular formula is C17H24O5. The molecule has 0 fully saturated rings. The molecule has 5 nitrogen and oxygen atoms in total. The van der Waals surface area contributed by atoms with E-state index >= 15 is 0 Å². The molecule has 0 aromatic heterocycles. The van der Waals surface area contributed by atoms with Gasteiger partial charge in [0.1, 0.15) is 6.10 Å². The van der Waals surface area contributed by atoms with Crippen LogP contribution in [0.3, 0.4) is 0 Å². The van der Waals surface area contributed by atoms with Crippen LogP contribution in [0.5, 0.6) is 0 Å². The first-order valence-electron chi connectivity index (χ1n) is 7.85. The van der Waals surface area contributed by atoms with Crippen LogP contribution in [0.25, 0.3) is 0 Å². The van der Waals surface area contributed by atoms with E-state index in [-0.39, 0.29) is 12.1 Å². The van der Waals surface area contributed by atoms with Crippen LogP contribution in [-0.4, -0.2) is 24.0 Å². The molecule has 0 bridgehead atoms. The minimum Gasteiger partial charge on any atom is -0.459 e. The molecule has 1 unspecified atom stereocenters. The molecular weight excluding hydrogens is 284 g/mol. The van der Waals surface area contributed by atoms with Gasteiger partial charge in [0.2, 0.25) is 0 Å². The lowest BCUT2D eigenvalue weighted by Gasteiger charge is -2.14. The van der Waals surface area contributed by atoms with Crippen molar-refractivity contribution < 1.29 is 23.9 Å². The molecule has 22 heavy (non-hydrogen) atoms. The highest BCUT2D eigenvalue weighted by atomic mass is 16.6. The molecule has 0 N–H and O–H groups in total. The summed E-state index contributed by atoms with van der Waals surface area (Å²) in [5, 5.41) is 0. The molecule has 0 amide bonds. The van der Waals surface area contributed by atoms with Gasteiger partial charge in [0.25, 0.3) is 0 Å². The fraction of sp³-hybridized carbons (Fsp3) is 0.588. The maximum Gasteiger partial charge on any atom is 0.342 e. The molecule has 2 aliphatic rings. The number of unbranched alkanes of at least 4 members (excludes halogenated alkanes) is 2. The molecule has 122 valence electrons. The second-order valence-corrected chi connectivity index (χ2v) is 5.30. The summed E-state index contributed by atoms with van der Waals surface area (Å²) >= 11 is 0. The number of rotatable bonds is 7. The third-order valence-corrected chi connectivity index (χ3v) is 3.70. The van der Waals surface area contributed by atoms with Gasteiger partial charge in [-0.15, -0.1) is 0 Å². The number of carbonyl (C=O) groups is 3. The minimum absolute atomic E-state index is 0.0806. The van der Waals surface area contributed by atoms with Gasteiger partial charge in [0.15, 0.2) is 0 Å². The third-order valence-electron chi connectivity index (χ3n) is 3.70. The summed E-state index contributed by atoms with van der Waals surface area (Å²) in [6, 6.07) is 0. The SMILES string of the molecule is C=CC(=O)OC(CC)CCCCC.O=C1OC(=O)C2=C1CC2. The predicted octanol–water partition coefficient (Wildman–Crippen LogP) is 3.23. The number of cyclic esters (lactones) is 2. The van der Waals surface area contributed by atoms with E-state index in [1.165, 1.54) is 18.9 Å². The van der Waals surface area contributed by atoms with E-state index in [2.05, 4.69) is 18.2 Å². The highest BCUT2D eigenvalue weighted by molar-refractivity contribution is 6.14. The van der Waals surface area contributed by atoms with Crippen molar-refractivity contribution in [3.05, 3.63) is 23.8 Å². The van der Waals surface area contributed by atoms with Crippen LogP contribution in [0.4, 0.5) is 0 Å². The van der Waals surface area contributed by atoms with Crippen LogP contribution in [0.15, 0.2) is 23.8 Å². The first-order chi connectivity index (χ1) is 10.5. The highest BCUT2D eigenvalue weighted by Gasteiger charge is 2.38. The molecule has 1 heterocycles. The molecule has 2 rings (SSSR count). The molecule has 1 aliphatic heterocycles. The monoisotopic (exact) mass is 308 g/mol. The maximum absolute atomic E-state index is 10.9. The standard InChI is InChI=1S/C11H20O2.C6H4O3/c1-4-7-8-9-10(5-2)13-11(12)6-3;7-5-3-1-2-4(3)6(8)9-5/h6,10H,3-5,7-9H2,1-2H3;1-2H2. The molecule has 1 aliphatic carbocycles. The minimum atomic E-state index is -0.429. The van der Waals surface area contributed by atoms with Crippen molar-refractivity contribution in [3.8, 4) is 0 Å². The van der Waals surface area contributed by atoms with E-state index < -0.39 is 11.9 Å². The van der Waals surface area contributed by atoms with Crippen LogP contribution < -0.4 is 0 Å². The lowest BCUT2D eigenvalue weighted by molar-refractivity contribution is -0.151. The van der Waals surface area contributed by atoms with E-state index in [0.29, 0.717) is 11.1 Å². The number of ether oxygens (including phenoxy) is 2. The van der Waals surface area contributed by atoms with Crippen molar-refractivity contribution >= 4 is 17.9 Å². The summed E-state index contributed by atoms with van der Waals surface area (Å²) in [5.41, 5.74) is 1.19. The summed E-state index contributed by atoms with van der Waals surface area (Å²) < 4.78 is 9.43. The van der Waals surface area contributed by atoms with E-state index in [4.69, 9.17) is 4.74 Å². The Morgan fingerprint density at radius 3 is 2.18 bits per heavy atom. The summed E-state index contributed by atoms with van der Waals surface area (Å²) in [5.74, 6) is -1.16. The molecule has 0 saturated carbocycles. The molecule has 0 aromatic rings. The van der Waals surface area contributed by atoms with Crippen molar-refractivity contribution in [1.82, 2.24) is 0 Å². The van der Waals surface area contributed by atoms with Crippen LogP contribution >= 0.6 is 0 Å². The van der Waals surface area contributed by atoms with Gasteiger partial charge >= 0.3 is 17.9 Å². The van der Waals surface area contributed by atoms with Crippen molar-refractivity contribution in [3.63, 3.8) is 0 Å². The fourth-order valence-electron chi connectivity index (χ4n) is 2.21. The van der Waals surface area contributed by atoms with Crippen LogP contribution in [0, 0.1) is 0 Å². The van der Waals surface area contributed by atoms with Gasteiger partial charge in [-0.1, -0.05) is 33.3 Å². The predicted molar refractivity (Wildman–Crippen MR) is 81.9 cm³/mol. The smallest absolute Gasteiger partial charge is 0.342 e. The quantitative estimate of drug-likeness (QED) is 0.312. The Morgan fingerprint density at radius 2 is 1.82 bits per heavy atom. The summed E-state index contributed by atoms with van der Waals surface area (Å²) in [6.07, 6.45) is 8.17. The summed E-state index contributed by atoms with van der Waals surface area (Å²) in [7, 11) is 0. The summed E-state index contributed by atoms with van der Waals surface area (Å²) in [4.78, 5) is 32.0. The Bertz CT molecular complexity index is 451. The van der Waals surface area contributed by atoms with E-state index in [1.807, 2.05) is 6.92 Å². The fourth-order valence-corrected chi connectivity index (χ4v) is 2.21. The Morgan fingerprint density at radius 1 is 1.23 bits per heavy atom. The number of carbonyl (C=O) groups excluding carboxylic acids is 3. The van der Waals surface area contributed by atoms with Crippen LogP contribution in [-0.2, 0) is 23.9 Å². The Hall–Kier alpha value is -1.91. The summed E-state index contributed by atoms with van der Waals surface area (Å²) in [6.45, 7) is 7.57. The first-order valence-corrected chi connectivity index (χ1v) is 7.85. The van der Waals surface area contributed by atoms with Gasteiger partial charge in [-0.3, -0.25) is 0 Å². The molecule has 0 saturated heterocycles. The van der Waals surface area contributed by atoms with Gasteiger partial charge in [-0.2, -0.15) is 0 Å². The van der Waals surface area contributed by atoms with Gasteiger partial charge < -0.3 is 9.47 Å².